The van der Waals surface area contributed by atoms with Crippen LogP contribution in [0.2, 0.25) is 0 Å². The van der Waals surface area contributed by atoms with Crippen LogP contribution in [0.5, 0.6) is 5.75 Å². The molecule has 31 heavy (non-hydrogen) atoms. The molecule has 0 heterocycles. The van der Waals surface area contributed by atoms with Crippen LogP contribution in [0.15, 0.2) is 53.0 Å². The molecule has 2 aromatic rings. The number of unbranched alkanes of at least 4 members (excludes halogenated alkanes) is 3. The van der Waals surface area contributed by atoms with E-state index < -0.39 is 0 Å². The van der Waals surface area contributed by atoms with Crippen LogP contribution in [0.4, 0.5) is 0 Å². The summed E-state index contributed by atoms with van der Waals surface area (Å²) in [6.07, 6.45) is 16.5. The van der Waals surface area contributed by atoms with E-state index in [1.165, 1.54) is 76.2 Å². The van der Waals surface area contributed by atoms with Crippen molar-refractivity contribution >= 4 is 21.9 Å². The Hall–Kier alpha value is -1.61. The Morgan fingerprint density at radius 1 is 0.839 bits per heavy atom. The molecule has 2 nitrogen and oxygen atoms in total. The molecule has 0 aliphatic heterocycles. The zero-order chi connectivity index (χ0) is 21.9. The summed E-state index contributed by atoms with van der Waals surface area (Å²) in [6, 6.07) is 15.2. The minimum Gasteiger partial charge on any atom is -0.423 e. The van der Waals surface area contributed by atoms with E-state index in [0.29, 0.717) is 11.3 Å². The van der Waals surface area contributed by atoms with E-state index in [2.05, 4.69) is 35.0 Å². The van der Waals surface area contributed by atoms with Crippen LogP contribution in [0.25, 0.3) is 0 Å². The highest BCUT2D eigenvalue weighted by molar-refractivity contribution is 9.10. The fraction of sp³-hybridized carbons (Fsp3) is 0.536. The lowest BCUT2D eigenvalue weighted by molar-refractivity contribution is 0.0734. The smallest absolute Gasteiger partial charge is 0.343 e. The predicted octanol–water partition coefficient (Wildman–Crippen LogP) is 8.77. The monoisotopic (exact) mass is 484 g/mol. The maximum absolute atomic E-state index is 12.3. The van der Waals surface area contributed by atoms with E-state index in [1.807, 2.05) is 24.3 Å². The molecule has 1 aliphatic rings. The van der Waals surface area contributed by atoms with Crippen LogP contribution >= 0.6 is 15.9 Å². The Balaban J connectivity index is 1.32. The van der Waals surface area contributed by atoms with Gasteiger partial charge in [0.25, 0.3) is 0 Å². The highest BCUT2D eigenvalue weighted by Gasteiger charge is 2.20. The van der Waals surface area contributed by atoms with E-state index in [-0.39, 0.29) is 5.97 Å². The first-order valence-corrected chi connectivity index (χ1v) is 13.0. The number of carbonyl (C=O) groups excluding carboxylic acids is 1. The topological polar surface area (TPSA) is 26.3 Å². The molecule has 0 saturated heterocycles. The van der Waals surface area contributed by atoms with Crippen molar-refractivity contribution in [1.29, 1.82) is 0 Å². The third-order valence-electron chi connectivity index (χ3n) is 6.72. The number of hydrogen-bond donors (Lipinski definition) is 0. The average Bonchev–Trinajstić information content (AvgIpc) is 2.80. The van der Waals surface area contributed by atoms with Crippen molar-refractivity contribution in [2.24, 2.45) is 11.8 Å². The standard InChI is InChI=1S/C28H37BrO2/c1-2-3-4-7-22-10-12-23(13-11-22)8-5-6-9-24-14-16-25(17-15-24)28(30)31-27-20-18-26(29)19-21-27/h14-23H,2-13H2,1H3/t22-,23-. The summed E-state index contributed by atoms with van der Waals surface area (Å²) >= 11 is 3.38. The lowest BCUT2D eigenvalue weighted by Gasteiger charge is -2.28. The highest BCUT2D eigenvalue weighted by atomic mass is 79.9. The summed E-state index contributed by atoms with van der Waals surface area (Å²) < 4.78 is 6.40. The number of esters is 1. The summed E-state index contributed by atoms with van der Waals surface area (Å²) in [5, 5.41) is 0. The molecule has 3 rings (SSSR count). The molecular weight excluding hydrogens is 448 g/mol. The number of hydrogen-bond acceptors (Lipinski definition) is 2. The van der Waals surface area contributed by atoms with Crippen LogP contribution in [0.3, 0.4) is 0 Å². The van der Waals surface area contributed by atoms with Crippen molar-refractivity contribution in [3.63, 3.8) is 0 Å². The molecule has 3 heteroatoms. The van der Waals surface area contributed by atoms with Gasteiger partial charge in [0.05, 0.1) is 5.56 Å². The van der Waals surface area contributed by atoms with Crippen LogP contribution in [-0.4, -0.2) is 5.97 Å². The fourth-order valence-electron chi connectivity index (χ4n) is 4.73. The van der Waals surface area contributed by atoms with E-state index in [1.54, 1.807) is 12.1 Å². The third kappa shape index (κ3) is 8.44. The van der Waals surface area contributed by atoms with Gasteiger partial charge < -0.3 is 4.74 Å². The quantitative estimate of drug-likeness (QED) is 0.181. The van der Waals surface area contributed by atoms with Gasteiger partial charge in [-0.3, -0.25) is 0 Å². The molecule has 0 amide bonds. The minimum atomic E-state index is -0.306. The first-order valence-electron chi connectivity index (χ1n) is 12.2. The van der Waals surface area contributed by atoms with E-state index in [0.717, 1.165) is 22.7 Å². The van der Waals surface area contributed by atoms with Gasteiger partial charge in [0.2, 0.25) is 0 Å². The zero-order valence-corrected chi connectivity index (χ0v) is 20.5. The Morgan fingerprint density at radius 3 is 2.00 bits per heavy atom. The average molecular weight is 486 g/mol. The molecule has 168 valence electrons. The number of carbonyl (C=O) groups is 1. The number of benzene rings is 2. The van der Waals surface area contributed by atoms with Crippen LogP contribution in [-0.2, 0) is 6.42 Å². The number of aryl methyl sites for hydroxylation is 1. The molecule has 0 bridgehead atoms. The zero-order valence-electron chi connectivity index (χ0n) is 19.0. The maximum Gasteiger partial charge on any atom is 0.343 e. The summed E-state index contributed by atoms with van der Waals surface area (Å²) in [5.41, 5.74) is 1.90. The normalized spacial score (nSPS) is 18.6. The Kier molecular flexibility index (Phi) is 10.1. The van der Waals surface area contributed by atoms with Crippen molar-refractivity contribution < 1.29 is 9.53 Å². The molecule has 1 saturated carbocycles. The van der Waals surface area contributed by atoms with E-state index in [4.69, 9.17) is 4.74 Å². The first kappa shape index (κ1) is 24.0. The second-order valence-electron chi connectivity index (χ2n) is 9.17. The third-order valence-corrected chi connectivity index (χ3v) is 7.25. The van der Waals surface area contributed by atoms with Crippen molar-refractivity contribution in [2.45, 2.75) is 84.0 Å². The fourth-order valence-corrected chi connectivity index (χ4v) is 4.99. The number of rotatable bonds is 11. The highest BCUT2D eigenvalue weighted by Crippen LogP contribution is 2.34. The molecule has 0 aromatic heterocycles. The van der Waals surface area contributed by atoms with Gasteiger partial charge in [0, 0.05) is 4.47 Å². The van der Waals surface area contributed by atoms with E-state index >= 15 is 0 Å². The van der Waals surface area contributed by atoms with Gasteiger partial charge >= 0.3 is 5.97 Å². The van der Waals surface area contributed by atoms with Gasteiger partial charge in [-0.15, -0.1) is 0 Å². The largest absolute Gasteiger partial charge is 0.423 e. The van der Waals surface area contributed by atoms with Crippen molar-refractivity contribution in [1.82, 2.24) is 0 Å². The molecule has 1 aliphatic carbocycles. The van der Waals surface area contributed by atoms with E-state index in [9.17, 15) is 4.79 Å². The van der Waals surface area contributed by atoms with Gasteiger partial charge in [-0.25, -0.2) is 4.79 Å². The van der Waals surface area contributed by atoms with Gasteiger partial charge in [0.1, 0.15) is 5.75 Å². The van der Waals surface area contributed by atoms with Crippen LogP contribution in [0.1, 0.15) is 93.5 Å². The number of ether oxygens (including phenoxy) is 1. The molecule has 0 N–H and O–H groups in total. The molecule has 0 unspecified atom stereocenters. The van der Waals surface area contributed by atoms with Crippen LogP contribution in [0, 0.1) is 11.8 Å². The SMILES string of the molecule is CCCCC[C@H]1CC[C@H](CCCCc2ccc(C(=O)Oc3ccc(Br)cc3)cc2)CC1. The predicted molar refractivity (Wildman–Crippen MR) is 133 cm³/mol. The van der Waals surface area contributed by atoms with Crippen molar-refractivity contribution in [3.8, 4) is 5.75 Å². The number of halogens is 1. The van der Waals surface area contributed by atoms with Gasteiger partial charge in [0.15, 0.2) is 0 Å². The Bertz CT molecular complexity index is 774. The van der Waals surface area contributed by atoms with Crippen molar-refractivity contribution in [2.75, 3.05) is 0 Å². The molecular formula is C28H37BrO2. The lowest BCUT2D eigenvalue weighted by Crippen LogP contribution is -2.14. The lowest BCUT2D eigenvalue weighted by atomic mass is 9.78. The second-order valence-corrected chi connectivity index (χ2v) is 10.1. The first-order chi connectivity index (χ1) is 15.1. The van der Waals surface area contributed by atoms with Gasteiger partial charge in [-0.2, -0.15) is 0 Å². The molecule has 0 radical (unpaired) electrons. The second kappa shape index (κ2) is 13.1. The summed E-state index contributed by atoms with van der Waals surface area (Å²) in [7, 11) is 0. The van der Waals surface area contributed by atoms with Crippen molar-refractivity contribution in [3.05, 3.63) is 64.1 Å². The summed E-state index contributed by atoms with van der Waals surface area (Å²) in [6.45, 7) is 2.30. The summed E-state index contributed by atoms with van der Waals surface area (Å²) in [5.74, 6) is 2.22. The molecule has 0 spiro atoms. The Morgan fingerprint density at radius 2 is 1.42 bits per heavy atom. The minimum absolute atomic E-state index is 0.306. The van der Waals surface area contributed by atoms with Crippen LogP contribution < -0.4 is 4.74 Å². The van der Waals surface area contributed by atoms with Gasteiger partial charge in [-0.1, -0.05) is 99.2 Å². The molecule has 1 fully saturated rings. The maximum atomic E-state index is 12.3. The molecule has 0 atom stereocenters. The Labute approximate surface area is 196 Å². The summed E-state index contributed by atoms with van der Waals surface area (Å²) in [4.78, 5) is 12.3. The molecule has 2 aromatic carbocycles. The van der Waals surface area contributed by atoms with Gasteiger partial charge in [-0.05, 0) is 66.6 Å².